The first-order valence-electron chi connectivity index (χ1n) is 14.1. The quantitative estimate of drug-likeness (QED) is 0.0855. The molecule has 228 valence electrons. The standard InChI is InChI=1S/C33H32BrClN4O4S/c1-4-16-43-31(40)28-21(3)36-32-37-33(44-20-23-13-9-10-14-26(23)35)38-39(32)29(28)24-18-25(34)30(27(19-24)41-5-2)42-17-15-22-11-7-6-8-12-22/h4,6-14,18-19,29H,1,5,15-17,20H2,2-3H3,(H,36,37,38). The number of carbonyl (C=O) groups excluding carboxylic acids is 1. The van der Waals surface area contributed by atoms with Crippen molar-refractivity contribution in [1.82, 2.24) is 14.8 Å². The van der Waals surface area contributed by atoms with Crippen molar-refractivity contribution in [2.45, 2.75) is 37.2 Å². The van der Waals surface area contributed by atoms with E-state index >= 15 is 0 Å². The largest absolute Gasteiger partial charge is 0.490 e. The van der Waals surface area contributed by atoms with Gasteiger partial charge in [-0.2, -0.15) is 4.98 Å². The third-order valence-electron chi connectivity index (χ3n) is 6.83. The zero-order valence-corrected chi connectivity index (χ0v) is 27.5. The van der Waals surface area contributed by atoms with E-state index in [2.05, 4.69) is 40.0 Å². The Balaban J connectivity index is 1.50. The van der Waals surface area contributed by atoms with Crippen LogP contribution in [-0.2, 0) is 21.7 Å². The molecule has 0 bridgehead atoms. The van der Waals surface area contributed by atoms with Gasteiger partial charge < -0.3 is 19.5 Å². The maximum absolute atomic E-state index is 13.4. The predicted octanol–water partition coefficient (Wildman–Crippen LogP) is 8.02. The number of rotatable bonds is 13. The minimum Gasteiger partial charge on any atom is -0.490 e. The van der Waals surface area contributed by atoms with Crippen LogP contribution in [0.4, 0.5) is 5.95 Å². The molecule has 1 aromatic heterocycles. The molecule has 0 aliphatic carbocycles. The third-order valence-corrected chi connectivity index (χ3v) is 8.67. The molecule has 4 aromatic rings. The summed E-state index contributed by atoms with van der Waals surface area (Å²) in [6.07, 6.45) is 2.28. The highest BCUT2D eigenvalue weighted by atomic mass is 79.9. The highest BCUT2D eigenvalue weighted by Crippen LogP contribution is 2.43. The summed E-state index contributed by atoms with van der Waals surface area (Å²) in [5.74, 6) is 1.75. The van der Waals surface area contributed by atoms with Crippen LogP contribution in [0.15, 0.2) is 100 Å². The second kappa shape index (κ2) is 14.8. The Morgan fingerprint density at radius 3 is 2.68 bits per heavy atom. The van der Waals surface area contributed by atoms with E-state index in [1.54, 1.807) is 4.68 Å². The number of aromatic nitrogens is 3. The number of nitrogens with zero attached hydrogens (tertiary/aromatic N) is 3. The zero-order valence-electron chi connectivity index (χ0n) is 24.4. The fourth-order valence-corrected chi connectivity index (χ4v) is 6.49. The number of fused-ring (bicyclic) bond motifs is 1. The molecule has 1 aliphatic heterocycles. The first-order chi connectivity index (χ1) is 21.4. The van der Waals surface area contributed by atoms with Crippen molar-refractivity contribution in [3.05, 3.63) is 117 Å². The molecule has 0 radical (unpaired) electrons. The molecule has 1 aliphatic rings. The summed E-state index contributed by atoms with van der Waals surface area (Å²) in [7, 11) is 0. The highest BCUT2D eigenvalue weighted by molar-refractivity contribution is 9.10. The van der Waals surface area contributed by atoms with Gasteiger partial charge >= 0.3 is 5.97 Å². The minimum atomic E-state index is -0.653. The minimum absolute atomic E-state index is 0.0770. The van der Waals surface area contributed by atoms with Gasteiger partial charge in [0.2, 0.25) is 11.1 Å². The molecule has 0 saturated heterocycles. The third kappa shape index (κ3) is 7.31. The molecule has 0 saturated carbocycles. The van der Waals surface area contributed by atoms with E-state index in [0.29, 0.717) is 62.3 Å². The van der Waals surface area contributed by atoms with Gasteiger partial charge in [0.05, 0.1) is 23.3 Å². The molecule has 3 aromatic carbocycles. The summed E-state index contributed by atoms with van der Waals surface area (Å²) in [6, 6.07) is 21.0. The summed E-state index contributed by atoms with van der Waals surface area (Å²) in [6.45, 7) is 8.39. The van der Waals surface area contributed by atoms with Crippen molar-refractivity contribution in [2.75, 3.05) is 25.1 Å². The summed E-state index contributed by atoms with van der Waals surface area (Å²) < 4.78 is 20.2. The number of benzene rings is 3. The highest BCUT2D eigenvalue weighted by Gasteiger charge is 2.36. The lowest BCUT2D eigenvalue weighted by molar-refractivity contribution is -0.138. The van der Waals surface area contributed by atoms with Gasteiger partial charge in [-0.05, 0) is 64.7 Å². The van der Waals surface area contributed by atoms with Crippen molar-refractivity contribution in [2.24, 2.45) is 0 Å². The van der Waals surface area contributed by atoms with Crippen molar-refractivity contribution < 1.29 is 19.0 Å². The topological polar surface area (TPSA) is 87.5 Å². The molecular weight excluding hydrogens is 664 g/mol. The molecule has 1 N–H and O–H groups in total. The predicted molar refractivity (Wildman–Crippen MR) is 178 cm³/mol. The first-order valence-corrected chi connectivity index (χ1v) is 16.3. The lowest BCUT2D eigenvalue weighted by Crippen LogP contribution is -2.29. The molecule has 0 fully saturated rings. The number of hydrogen-bond donors (Lipinski definition) is 1. The molecule has 1 unspecified atom stereocenters. The average Bonchev–Trinajstić information content (AvgIpc) is 3.42. The number of nitrogens with one attached hydrogen (secondary N) is 1. The average molecular weight is 696 g/mol. The van der Waals surface area contributed by atoms with Gasteiger partial charge in [-0.25, -0.2) is 9.48 Å². The van der Waals surface area contributed by atoms with Crippen molar-refractivity contribution in [1.29, 1.82) is 0 Å². The Labute approximate surface area is 274 Å². The number of halogens is 2. The lowest BCUT2D eigenvalue weighted by atomic mass is 9.95. The normalized spacial score (nSPS) is 14.0. The van der Waals surface area contributed by atoms with Crippen LogP contribution < -0.4 is 14.8 Å². The zero-order chi connectivity index (χ0) is 31.1. The summed E-state index contributed by atoms with van der Waals surface area (Å²) >= 11 is 11.5. The maximum atomic E-state index is 13.4. The van der Waals surface area contributed by atoms with Gasteiger partial charge in [-0.15, -0.1) is 5.10 Å². The molecule has 44 heavy (non-hydrogen) atoms. The van der Waals surface area contributed by atoms with Gasteiger partial charge in [-0.1, -0.05) is 84.5 Å². The number of allylic oxidation sites excluding steroid dienone is 1. The van der Waals surface area contributed by atoms with Crippen LogP contribution in [0.1, 0.15) is 36.6 Å². The molecule has 1 atom stereocenters. The Morgan fingerprint density at radius 1 is 1.16 bits per heavy atom. The van der Waals surface area contributed by atoms with Crippen molar-refractivity contribution >= 4 is 51.2 Å². The second-order valence-electron chi connectivity index (χ2n) is 9.84. The summed E-state index contributed by atoms with van der Waals surface area (Å²) in [5.41, 5.74) is 3.92. The number of esters is 1. The molecule has 11 heteroatoms. The Hall–Kier alpha value is -3.73. The molecule has 2 heterocycles. The fraction of sp³-hybridized carbons (Fsp3) is 0.242. The number of carbonyl (C=O) groups is 1. The van der Waals surface area contributed by atoms with Crippen LogP contribution in [0, 0.1) is 0 Å². The van der Waals surface area contributed by atoms with Crippen molar-refractivity contribution in [3.63, 3.8) is 0 Å². The Kier molecular flexibility index (Phi) is 10.7. The van der Waals surface area contributed by atoms with E-state index < -0.39 is 12.0 Å². The smallest absolute Gasteiger partial charge is 0.338 e. The second-order valence-corrected chi connectivity index (χ2v) is 12.0. The van der Waals surface area contributed by atoms with Gasteiger partial charge in [0.25, 0.3) is 0 Å². The molecule has 0 spiro atoms. The van der Waals surface area contributed by atoms with Crippen LogP contribution in [0.3, 0.4) is 0 Å². The molecule has 8 nitrogen and oxygen atoms in total. The van der Waals surface area contributed by atoms with E-state index in [1.165, 1.54) is 23.4 Å². The Bertz CT molecular complexity index is 1680. The van der Waals surface area contributed by atoms with Gasteiger partial charge in [0.1, 0.15) is 12.6 Å². The van der Waals surface area contributed by atoms with Gasteiger partial charge in [-0.3, -0.25) is 0 Å². The number of ether oxygens (including phenoxy) is 3. The van der Waals surface area contributed by atoms with Crippen LogP contribution in [-0.4, -0.2) is 40.6 Å². The summed E-state index contributed by atoms with van der Waals surface area (Å²) in [5, 5.41) is 9.29. The van der Waals surface area contributed by atoms with Crippen LogP contribution in [0.5, 0.6) is 11.5 Å². The Morgan fingerprint density at radius 2 is 1.93 bits per heavy atom. The van der Waals surface area contributed by atoms with Gasteiger partial charge in [0.15, 0.2) is 11.5 Å². The molecule has 0 amide bonds. The van der Waals surface area contributed by atoms with E-state index in [4.69, 9.17) is 35.9 Å². The molecular formula is C33H32BrClN4O4S. The number of thioether (sulfide) groups is 1. The summed E-state index contributed by atoms with van der Waals surface area (Å²) in [4.78, 5) is 18.2. The van der Waals surface area contributed by atoms with E-state index in [9.17, 15) is 4.79 Å². The number of anilines is 1. The molecule has 5 rings (SSSR count). The fourth-order valence-electron chi connectivity index (χ4n) is 4.80. The monoisotopic (exact) mass is 694 g/mol. The number of hydrogen-bond acceptors (Lipinski definition) is 8. The van der Waals surface area contributed by atoms with E-state index in [0.717, 1.165) is 17.5 Å². The van der Waals surface area contributed by atoms with Crippen LogP contribution in [0.25, 0.3) is 0 Å². The van der Waals surface area contributed by atoms with E-state index in [-0.39, 0.29) is 6.61 Å². The SMILES string of the molecule is C=CCOC(=O)C1=C(C)Nc2nc(SCc3ccccc3Cl)nn2C1c1cc(Br)c(OCCc2ccccc2)c(OCC)c1. The maximum Gasteiger partial charge on any atom is 0.338 e. The van der Waals surface area contributed by atoms with E-state index in [1.807, 2.05) is 68.4 Å². The first kappa shape index (κ1) is 31.7. The lowest BCUT2D eigenvalue weighted by Gasteiger charge is -2.29. The van der Waals surface area contributed by atoms with Crippen LogP contribution >= 0.6 is 39.3 Å². The van der Waals surface area contributed by atoms with Gasteiger partial charge in [0, 0.05) is 22.9 Å². The van der Waals surface area contributed by atoms with Crippen molar-refractivity contribution in [3.8, 4) is 11.5 Å². The van der Waals surface area contributed by atoms with Crippen LogP contribution in [0.2, 0.25) is 5.02 Å².